The normalized spacial score (nSPS) is 10.6. The molecule has 0 saturated carbocycles. The van der Waals surface area contributed by atoms with E-state index in [4.69, 9.17) is 4.74 Å². The summed E-state index contributed by atoms with van der Waals surface area (Å²) >= 11 is 1.70. The largest absolute Gasteiger partial charge is 0.494 e. The summed E-state index contributed by atoms with van der Waals surface area (Å²) in [6.07, 6.45) is 0. The van der Waals surface area contributed by atoms with Crippen LogP contribution in [0.5, 0.6) is 5.75 Å². The van der Waals surface area contributed by atoms with E-state index in [2.05, 4.69) is 25.1 Å². The maximum absolute atomic E-state index is 5.41. The Bertz CT molecular complexity index is 417. The number of ether oxygens (including phenoxy) is 1. The van der Waals surface area contributed by atoms with Gasteiger partial charge < -0.3 is 4.74 Å². The van der Waals surface area contributed by atoms with Gasteiger partial charge in [-0.05, 0) is 43.5 Å². The van der Waals surface area contributed by atoms with Crippen LogP contribution in [0.25, 0.3) is 10.1 Å². The maximum Gasteiger partial charge on any atom is 0.120 e. The van der Waals surface area contributed by atoms with Gasteiger partial charge in [0.25, 0.3) is 0 Å². The van der Waals surface area contributed by atoms with Crippen LogP contribution in [0, 0.1) is 6.92 Å². The van der Waals surface area contributed by atoms with Crippen LogP contribution in [-0.4, -0.2) is 6.61 Å². The summed E-state index contributed by atoms with van der Waals surface area (Å²) in [7, 11) is 0. The van der Waals surface area contributed by atoms with Crippen molar-refractivity contribution in [1.82, 2.24) is 0 Å². The predicted molar refractivity (Wildman–Crippen MR) is 57.5 cm³/mol. The maximum atomic E-state index is 5.41. The second-order valence-corrected chi connectivity index (χ2v) is 4.01. The molecule has 0 bridgehead atoms. The van der Waals surface area contributed by atoms with Crippen molar-refractivity contribution < 1.29 is 4.74 Å². The molecule has 0 fully saturated rings. The molecule has 1 nitrogen and oxygen atoms in total. The van der Waals surface area contributed by atoms with Crippen molar-refractivity contribution in [2.75, 3.05) is 6.61 Å². The quantitative estimate of drug-likeness (QED) is 0.706. The van der Waals surface area contributed by atoms with Crippen LogP contribution in [0.15, 0.2) is 24.3 Å². The Morgan fingerprint density at radius 2 is 2.23 bits per heavy atom. The molecule has 13 heavy (non-hydrogen) atoms. The monoisotopic (exact) mass is 191 g/mol. The second-order valence-electron chi connectivity index (χ2n) is 2.85. The highest BCUT2D eigenvalue weighted by Gasteiger charge is 1.99. The lowest BCUT2D eigenvalue weighted by molar-refractivity contribution is 0.341. The Kier molecular flexibility index (Phi) is 2.23. The zero-order valence-corrected chi connectivity index (χ0v) is 8.36. The van der Waals surface area contributed by atoms with Gasteiger partial charge in [0.1, 0.15) is 5.75 Å². The summed E-state index contributed by atoms with van der Waals surface area (Å²) in [5.74, 6) is 0.942. The standard InChI is InChI=1S/C11H11OS/c1-3-12-10-5-4-9-6-8(2)13-11(9)7-10/h4-7H,2-3H2,1H3. The van der Waals surface area contributed by atoms with Gasteiger partial charge >= 0.3 is 0 Å². The molecular weight excluding hydrogens is 180 g/mol. The van der Waals surface area contributed by atoms with Crippen molar-refractivity contribution in [3.05, 3.63) is 36.1 Å². The van der Waals surface area contributed by atoms with E-state index in [0.29, 0.717) is 6.61 Å². The van der Waals surface area contributed by atoms with Gasteiger partial charge in [-0.1, -0.05) is 0 Å². The minimum Gasteiger partial charge on any atom is -0.494 e. The average molecular weight is 191 g/mol. The van der Waals surface area contributed by atoms with Crippen molar-refractivity contribution in [2.45, 2.75) is 6.92 Å². The Balaban J connectivity index is 2.48. The first-order valence-electron chi connectivity index (χ1n) is 4.28. The molecule has 0 aliphatic rings. The first-order chi connectivity index (χ1) is 6.29. The molecule has 0 aliphatic carbocycles. The highest BCUT2D eigenvalue weighted by atomic mass is 32.1. The number of rotatable bonds is 2. The lowest BCUT2D eigenvalue weighted by Gasteiger charge is -2.01. The van der Waals surface area contributed by atoms with E-state index >= 15 is 0 Å². The summed E-state index contributed by atoms with van der Waals surface area (Å²) in [6, 6.07) is 8.23. The number of hydrogen-bond acceptors (Lipinski definition) is 2. The fraction of sp³-hybridized carbons (Fsp3) is 0.182. The minimum absolute atomic E-state index is 0.716. The Labute approximate surface area is 82.0 Å². The molecule has 0 saturated heterocycles. The number of hydrogen-bond donors (Lipinski definition) is 0. The highest BCUT2D eigenvalue weighted by Crippen LogP contribution is 2.28. The molecule has 0 N–H and O–H groups in total. The Morgan fingerprint density at radius 3 is 3.00 bits per heavy atom. The predicted octanol–water partition coefficient (Wildman–Crippen LogP) is 3.48. The van der Waals surface area contributed by atoms with Crippen molar-refractivity contribution in [3.8, 4) is 5.75 Å². The molecule has 67 valence electrons. The number of fused-ring (bicyclic) bond motifs is 1. The van der Waals surface area contributed by atoms with E-state index in [-0.39, 0.29) is 0 Å². The third-order valence-corrected chi connectivity index (χ3v) is 2.81. The van der Waals surface area contributed by atoms with Crippen LogP contribution in [0.1, 0.15) is 11.8 Å². The molecular formula is C11H11OS. The SMILES string of the molecule is [CH2]c1cc2ccc(OCC)cc2s1. The lowest BCUT2D eigenvalue weighted by atomic mass is 10.2. The molecule has 1 radical (unpaired) electrons. The molecule has 1 aromatic heterocycles. The summed E-state index contributed by atoms with van der Waals surface area (Å²) < 4.78 is 6.66. The molecule has 2 rings (SSSR count). The van der Waals surface area contributed by atoms with Gasteiger partial charge in [0, 0.05) is 9.58 Å². The summed E-state index contributed by atoms with van der Waals surface area (Å²) in [5.41, 5.74) is 0. The molecule has 0 amide bonds. The molecule has 2 aromatic rings. The lowest BCUT2D eigenvalue weighted by Crippen LogP contribution is -1.89. The van der Waals surface area contributed by atoms with Gasteiger partial charge in [-0.15, -0.1) is 11.3 Å². The third kappa shape index (κ3) is 1.68. The van der Waals surface area contributed by atoms with Crippen LogP contribution in [0.2, 0.25) is 0 Å². The van der Waals surface area contributed by atoms with Gasteiger partial charge in [-0.25, -0.2) is 0 Å². The van der Waals surface area contributed by atoms with Crippen molar-refractivity contribution in [1.29, 1.82) is 0 Å². The van der Waals surface area contributed by atoms with E-state index in [1.807, 2.05) is 13.0 Å². The molecule has 0 atom stereocenters. The molecule has 1 heterocycles. The van der Waals surface area contributed by atoms with E-state index in [1.165, 1.54) is 10.1 Å². The van der Waals surface area contributed by atoms with Crippen LogP contribution in [0.3, 0.4) is 0 Å². The van der Waals surface area contributed by atoms with Gasteiger partial charge in [-0.2, -0.15) is 0 Å². The summed E-state index contributed by atoms with van der Waals surface area (Å²) in [4.78, 5) is 1.10. The third-order valence-electron chi connectivity index (χ3n) is 1.85. The molecule has 0 spiro atoms. The fourth-order valence-electron chi connectivity index (χ4n) is 1.32. The summed E-state index contributed by atoms with van der Waals surface area (Å²) in [6.45, 7) is 6.62. The van der Waals surface area contributed by atoms with Crippen LogP contribution in [-0.2, 0) is 0 Å². The smallest absolute Gasteiger partial charge is 0.120 e. The second kappa shape index (κ2) is 3.38. The molecule has 0 aliphatic heterocycles. The fourth-order valence-corrected chi connectivity index (χ4v) is 2.21. The van der Waals surface area contributed by atoms with E-state index in [0.717, 1.165) is 10.6 Å². The van der Waals surface area contributed by atoms with Crippen LogP contribution >= 0.6 is 11.3 Å². The van der Waals surface area contributed by atoms with Crippen molar-refractivity contribution >= 4 is 21.4 Å². The molecule has 2 heteroatoms. The van der Waals surface area contributed by atoms with Crippen LogP contribution < -0.4 is 4.74 Å². The van der Waals surface area contributed by atoms with Gasteiger partial charge in [0.15, 0.2) is 0 Å². The van der Waals surface area contributed by atoms with Gasteiger partial charge in [0.05, 0.1) is 6.61 Å². The minimum atomic E-state index is 0.716. The zero-order valence-electron chi connectivity index (χ0n) is 7.54. The topological polar surface area (TPSA) is 9.23 Å². The van der Waals surface area contributed by atoms with Gasteiger partial charge in [0.2, 0.25) is 0 Å². The van der Waals surface area contributed by atoms with E-state index < -0.39 is 0 Å². The average Bonchev–Trinajstić information content (AvgIpc) is 2.44. The van der Waals surface area contributed by atoms with E-state index in [1.54, 1.807) is 11.3 Å². The van der Waals surface area contributed by atoms with Crippen molar-refractivity contribution in [2.24, 2.45) is 0 Å². The Morgan fingerprint density at radius 1 is 1.38 bits per heavy atom. The highest BCUT2D eigenvalue weighted by molar-refractivity contribution is 7.19. The molecule has 0 unspecified atom stereocenters. The Hall–Kier alpha value is -1.02. The van der Waals surface area contributed by atoms with E-state index in [9.17, 15) is 0 Å². The number of benzene rings is 1. The number of thiophene rings is 1. The first-order valence-corrected chi connectivity index (χ1v) is 5.09. The van der Waals surface area contributed by atoms with Crippen LogP contribution in [0.4, 0.5) is 0 Å². The molecule has 1 aromatic carbocycles. The summed E-state index contributed by atoms with van der Waals surface area (Å²) in [5, 5.41) is 1.25. The van der Waals surface area contributed by atoms with Gasteiger partial charge in [-0.3, -0.25) is 0 Å². The zero-order chi connectivity index (χ0) is 9.26. The first kappa shape index (κ1) is 8.57. The van der Waals surface area contributed by atoms with Crippen molar-refractivity contribution in [3.63, 3.8) is 0 Å².